The Morgan fingerprint density at radius 2 is 1.58 bits per heavy atom. The molecular weight excluding hydrogens is 244 g/mol. The molecule has 0 aliphatic heterocycles. The van der Waals surface area contributed by atoms with E-state index >= 15 is 0 Å². The van der Waals surface area contributed by atoms with E-state index in [1.54, 1.807) is 0 Å². The summed E-state index contributed by atoms with van der Waals surface area (Å²) < 4.78 is 0. The molecule has 4 aliphatic carbocycles. The quantitative estimate of drug-likeness (QED) is 0.600. The third-order valence-electron chi connectivity index (χ3n) is 5.17. The summed E-state index contributed by atoms with van der Waals surface area (Å²) in [6.07, 6.45) is 6.05. The summed E-state index contributed by atoms with van der Waals surface area (Å²) in [4.78, 5) is 22.9. The summed E-state index contributed by atoms with van der Waals surface area (Å²) >= 11 is 0. The van der Waals surface area contributed by atoms with Gasteiger partial charge in [0.1, 0.15) is 5.71 Å². The Morgan fingerprint density at radius 1 is 1.05 bits per heavy atom. The van der Waals surface area contributed by atoms with Crippen molar-refractivity contribution in [1.82, 2.24) is 5.43 Å². The van der Waals surface area contributed by atoms with Gasteiger partial charge in [-0.2, -0.15) is 5.10 Å². The lowest BCUT2D eigenvalue weighted by Crippen LogP contribution is -2.50. The van der Waals surface area contributed by atoms with Gasteiger partial charge >= 0.3 is 5.97 Å². The summed E-state index contributed by atoms with van der Waals surface area (Å²) in [6, 6.07) is 0. The Balaban J connectivity index is 1.67. The molecule has 4 rings (SSSR count). The van der Waals surface area contributed by atoms with Crippen LogP contribution in [0.4, 0.5) is 0 Å². The predicted molar refractivity (Wildman–Crippen MR) is 69.4 cm³/mol. The highest BCUT2D eigenvalue weighted by molar-refractivity contribution is 6.34. The summed E-state index contributed by atoms with van der Waals surface area (Å²) in [5.41, 5.74) is 2.39. The monoisotopic (exact) mass is 264 g/mol. The fourth-order valence-corrected chi connectivity index (χ4v) is 4.61. The first-order valence-electron chi connectivity index (χ1n) is 7.12. The minimum atomic E-state index is -1.09. The van der Waals surface area contributed by atoms with Crippen LogP contribution in [-0.4, -0.2) is 22.7 Å². The number of hydrazone groups is 1. The maximum Gasteiger partial charge on any atom is 0.351 e. The molecule has 1 amide bonds. The molecule has 5 heteroatoms. The van der Waals surface area contributed by atoms with Crippen LogP contribution in [0.5, 0.6) is 0 Å². The molecule has 4 aliphatic rings. The Hall–Kier alpha value is -1.39. The fraction of sp³-hybridized carbons (Fsp3) is 0.786. The van der Waals surface area contributed by atoms with Crippen molar-refractivity contribution < 1.29 is 14.7 Å². The molecule has 0 heterocycles. The van der Waals surface area contributed by atoms with Crippen molar-refractivity contribution in [2.24, 2.45) is 34.7 Å². The normalized spacial score (nSPS) is 40.3. The second-order valence-electron chi connectivity index (χ2n) is 6.43. The molecule has 19 heavy (non-hydrogen) atoms. The van der Waals surface area contributed by atoms with E-state index in [1.165, 1.54) is 39.0 Å². The van der Waals surface area contributed by atoms with E-state index in [4.69, 9.17) is 5.11 Å². The molecule has 0 spiro atoms. The molecule has 0 radical (unpaired) electrons. The number of nitrogens with zero attached hydrogens (tertiary/aromatic N) is 1. The Morgan fingerprint density at radius 3 is 2.05 bits per heavy atom. The van der Waals surface area contributed by atoms with Crippen LogP contribution in [0.15, 0.2) is 5.10 Å². The molecule has 4 bridgehead atoms. The molecule has 0 aromatic carbocycles. The largest absolute Gasteiger partial charge is 0.477 e. The number of hydrogen-bond donors (Lipinski definition) is 2. The van der Waals surface area contributed by atoms with Crippen LogP contribution < -0.4 is 5.43 Å². The van der Waals surface area contributed by atoms with Gasteiger partial charge in [-0.1, -0.05) is 0 Å². The van der Waals surface area contributed by atoms with Gasteiger partial charge in [0.05, 0.1) is 0 Å². The van der Waals surface area contributed by atoms with E-state index in [9.17, 15) is 9.59 Å². The van der Waals surface area contributed by atoms with Crippen LogP contribution in [-0.2, 0) is 9.59 Å². The van der Waals surface area contributed by atoms with Crippen LogP contribution >= 0.6 is 0 Å². The van der Waals surface area contributed by atoms with Gasteiger partial charge in [-0.05, 0) is 62.7 Å². The van der Waals surface area contributed by atoms with Crippen molar-refractivity contribution in [1.29, 1.82) is 0 Å². The maximum atomic E-state index is 12.2. The van der Waals surface area contributed by atoms with Crippen LogP contribution in [0.2, 0.25) is 0 Å². The summed E-state index contributed by atoms with van der Waals surface area (Å²) in [6.45, 7) is 1.39. The van der Waals surface area contributed by atoms with E-state index in [0.29, 0.717) is 11.8 Å². The van der Waals surface area contributed by atoms with Gasteiger partial charge in [0.15, 0.2) is 0 Å². The first kappa shape index (κ1) is 12.6. The third kappa shape index (κ3) is 2.26. The minimum Gasteiger partial charge on any atom is -0.477 e. The highest BCUT2D eigenvalue weighted by Crippen LogP contribution is 2.56. The van der Waals surface area contributed by atoms with Gasteiger partial charge in [0.25, 0.3) is 0 Å². The molecule has 0 aromatic heterocycles. The molecule has 5 nitrogen and oxygen atoms in total. The van der Waals surface area contributed by atoms with Crippen molar-refractivity contribution >= 4 is 17.6 Å². The van der Waals surface area contributed by atoms with E-state index in [0.717, 1.165) is 11.8 Å². The number of nitrogens with one attached hydrogen (secondary N) is 1. The van der Waals surface area contributed by atoms with Crippen molar-refractivity contribution in [3.05, 3.63) is 0 Å². The third-order valence-corrected chi connectivity index (χ3v) is 5.17. The molecule has 0 aromatic rings. The van der Waals surface area contributed by atoms with Crippen LogP contribution in [0, 0.1) is 29.6 Å². The predicted octanol–water partition coefficient (Wildman–Crippen LogP) is 1.64. The smallest absolute Gasteiger partial charge is 0.351 e. The van der Waals surface area contributed by atoms with Crippen molar-refractivity contribution in [2.45, 2.75) is 39.0 Å². The lowest BCUT2D eigenvalue weighted by atomic mass is 9.52. The van der Waals surface area contributed by atoms with E-state index in [2.05, 4.69) is 10.5 Å². The average molecular weight is 264 g/mol. The molecular formula is C14H20N2O3. The number of carbonyl (C=O) groups is 2. The SMILES string of the molecule is C/C(=N/NC(=O)C1C2CC3CC(C2)CC1C3)C(=O)O. The van der Waals surface area contributed by atoms with E-state index < -0.39 is 5.97 Å². The molecule has 4 saturated carbocycles. The maximum absolute atomic E-state index is 12.2. The van der Waals surface area contributed by atoms with Crippen LogP contribution in [0.3, 0.4) is 0 Å². The van der Waals surface area contributed by atoms with Gasteiger partial charge in [-0.3, -0.25) is 4.79 Å². The minimum absolute atomic E-state index is 0.0538. The number of amides is 1. The number of carboxylic acids is 1. The molecule has 0 saturated heterocycles. The van der Waals surface area contributed by atoms with Crippen LogP contribution in [0.1, 0.15) is 39.0 Å². The zero-order valence-corrected chi connectivity index (χ0v) is 11.1. The zero-order chi connectivity index (χ0) is 13.6. The highest BCUT2D eigenvalue weighted by Gasteiger charge is 2.50. The van der Waals surface area contributed by atoms with Crippen molar-refractivity contribution in [3.63, 3.8) is 0 Å². The molecule has 0 unspecified atom stereocenters. The Kier molecular flexibility index (Phi) is 3.07. The number of rotatable bonds is 3. The van der Waals surface area contributed by atoms with Crippen molar-refractivity contribution in [2.75, 3.05) is 0 Å². The Bertz CT molecular complexity index is 416. The van der Waals surface area contributed by atoms with Gasteiger partial charge < -0.3 is 5.11 Å². The average Bonchev–Trinajstić information content (AvgIpc) is 2.34. The number of aliphatic carboxylic acids is 1. The second-order valence-corrected chi connectivity index (χ2v) is 6.43. The van der Waals surface area contributed by atoms with Gasteiger partial charge in [-0.15, -0.1) is 0 Å². The molecule has 2 N–H and O–H groups in total. The highest BCUT2D eigenvalue weighted by atomic mass is 16.4. The number of hydrogen-bond acceptors (Lipinski definition) is 3. The second kappa shape index (κ2) is 4.62. The van der Waals surface area contributed by atoms with Gasteiger partial charge in [0, 0.05) is 5.92 Å². The number of carboxylic acid groups (broad SMARTS) is 1. The van der Waals surface area contributed by atoms with Gasteiger partial charge in [-0.25, -0.2) is 10.2 Å². The zero-order valence-electron chi connectivity index (χ0n) is 11.1. The topological polar surface area (TPSA) is 78.8 Å². The van der Waals surface area contributed by atoms with E-state index in [-0.39, 0.29) is 17.5 Å². The van der Waals surface area contributed by atoms with Crippen molar-refractivity contribution in [3.8, 4) is 0 Å². The standard InChI is InChI=1S/C14H20N2O3/c1-7(14(18)19)15-16-13(17)12-10-3-8-2-9(5-10)6-11(12)4-8/h8-12H,2-6H2,1H3,(H,16,17)(H,18,19)/b15-7-. The molecule has 104 valence electrons. The molecule has 4 fully saturated rings. The van der Waals surface area contributed by atoms with Gasteiger partial charge in [0.2, 0.25) is 5.91 Å². The summed E-state index contributed by atoms with van der Waals surface area (Å²) in [5.74, 6) is 1.54. The van der Waals surface area contributed by atoms with E-state index in [1.807, 2.05) is 0 Å². The Labute approximate surface area is 112 Å². The lowest BCUT2D eigenvalue weighted by molar-refractivity contribution is -0.138. The summed E-state index contributed by atoms with van der Waals surface area (Å²) in [7, 11) is 0. The number of carbonyl (C=O) groups excluding carboxylic acids is 1. The summed E-state index contributed by atoms with van der Waals surface area (Å²) in [5, 5.41) is 12.4. The lowest BCUT2D eigenvalue weighted by Gasteiger charge is -2.53. The molecule has 0 atom stereocenters. The first-order chi connectivity index (χ1) is 9.04. The first-order valence-corrected chi connectivity index (χ1v) is 7.12. The fourth-order valence-electron chi connectivity index (χ4n) is 4.61. The van der Waals surface area contributed by atoms with Crippen LogP contribution in [0.25, 0.3) is 0 Å².